The van der Waals surface area contributed by atoms with Crippen LogP contribution in [0.3, 0.4) is 0 Å². The molecular weight excluding hydrogens is 236 g/mol. The number of hydrogen-bond donors (Lipinski definition) is 1. The summed E-state index contributed by atoms with van der Waals surface area (Å²) < 4.78 is 1.81. The van der Waals surface area contributed by atoms with Crippen molar-refractivity contribution in [1.29, 1.82) is 5.26 Å². The Bertz CT molecular complexity index is 568. The van der Waals surface area contributed by atoms with E-state index in [0.717, 1.165) is 11.5 Å². The smallest absolute Gasteiger partial charge is 0.128 e. The van der Waals surface area contributed by atoms with Gasteiger partial charge in [-0.15, -0.1) is 0 Å². The van der Waals surface area contributed by atoms with Gasteiger partial charge in [-0.05, 0) is 18.2 Å². The lowest BCUT2D eigenvalue weighted by Gasteiger charge is -2.06. The van der Waals surface area contributed by atoms with Crippen molar-refractivity contribution in [1.82, 2.24) is 9.55 Å². The summed E-state index contributed by atoms with van der Waals surface area (Å²) in [7, 11) is 1.86. The summed E-state index contributed by atoms with van der Waals surface area (Å²) in [5, 5.41) is 12.6. The van der Waals surface area contributed by atoms with Crippen molar-refractivity contribution in [3.05, 3.63) is 47.0 Å². The number of aromatic nitrogens is 2. The molecule has 0 bridgehead atoms. The lowest BCUT2D eigenvalue weighted by atomic mass is 10.2. The average Bonchev–Trinajstić information content (AvgIpc) is 2.68. The van der Waals surface area contributed by atoms with Crippen molar-refractivity contribution >= 4 is 17.3 Å². The third-order valence-electron chi connectivity index (χ3n) is 2.47. The van der Waals surface area contributed by atoms with Crippen LogP contribution >= 0.6 is 11.6 Å². The summed E-state index contributed by atoms with van der Waals surface area (Å²) in [5.41, 5.74) is 1.52. The summed E-state index contributed by atoms with van der Waals surface area (Å²) in [5.74, 6) is 0.845. The predicted octanol–water partition coefficient (Wildman–Crippen LogP) is 2.56. The molecular formula is C12H11ClN4. The maximum absolute atomic E-state index is 8.78. The Hall–Kier alpha value is -1.99. The highest BCUT2D eigenvalue weighted by molar-refractivity contribution is 6.29. The fourth-order valence-electron chi connectivity index (χ4n) is 1.47. The highest BCUT2D eigenvalue weighted by Gasteiger charge is 2.03. The highest BCUT2D eigenvalue weighted by atomic mass is 35.5. The van der Waals surface area contributed by atoms with Gasteiger partial charge in [-0.3, -0.25) is 0 Å². The first kappa shape index (κ1) is 11.5. The van der Waals surface area contributed by atoms with Crippen molar-refractivity contribution in [2.24, 2.45) is 7.05 Å². The van der Waals surface area contributed by atoms with E-state index in [1.165, 1.54) is 0 Å². The van der Waals surface area contributed by atoms with E-state index in [1.807, 2.05) is 23.7 Å². The van der Waals surface area contributed by atoms with Crippen LogP contribution in [0.1, 0.15) is 11.4 Å². The van der Waals surface area contributed by atoms with Crippen LogP contribution in [0.2, 0.25) is 5.15 Å². The number of rotatable bonds is 3. The Kier molecular flexibility index (Phi) is 3.31. The molecule has 0 atom stereocenters. The third kappa shape index (κ3) is 2.58. The number of benzene rings is 1. The number of halogens is 1. The normalized spacial score (nSPS) is 9.94. The first-order valence-electron chi connectivity index (χ1n) is 5.11. The molecule has 0 spiro atoms. The lowest BCUT2D eigenvalue weighted by molar-refractivity contribution is 0.813. The second-order valence-corrected chi connectivity index (χ2v) is 3.99. The zero-order chi connectivity index (χ0) is 12.3. The number of nitriles is 1. The van der Waals surface area contributed by atoms with Crippen LogP contribution in [-0.4, -0.2) is 9.55 Å². The van der Waals surface area contributed by atoms with Gasteiger partial charge in [-0.1, -0.05) is 17.7 Å². The molecule has 1 aromatic carbocycles. The number of imidazole rings is 1. The van der Waals surface area contributed by atoms with Crippen molar-refractivity contribution in [3.8, 4) is 6.07 Å². The molecule has 5 heteroatoms. The fraction of sp³-hybridized carbons (Fsp3) is 0.167. The molecule has 2 aromatic rings. The summed E-state index contributed by atoms with van der Waals surface area (Å²) in [6, 6.07) is 9.41. The summed E-state index contributed by atoms with van der Waals surface area (Å²) in [6.45, 7) is 0.568. The largest absolute Gasteiger partial charge is 0.378 e. The monoisotopic (exact) mass is 246 g/mol. The molecule has 0 aliphatic heterocycles. The Morgan fingerprint density at radius 1 is 1.53 bits per heavy atom. The van der Waals surface area contributed by atoms with Gasteiger partial charge in [0.05, 0.1) is 24.4 Å². The van der Waals surface area contributed by atoms with Crippen LogP contribution in [0.5, 0.6) is 0 Å². The van der Waals surface area contributed by atoms with Gasteiger partial charge >= 0.3 is 0 Å². The van der Waals surface area contributed by atoms with E-state index in [1.54, 1.807) is 18.3 Å². The second-order valence-electron chi connectivity index (χ2n) is 3.60. The minimum atomic E-state index is 0.568. The molecule has 0 aliphatic carbocycles. The standard InChI is InChI=1S/C12H11ClN4/c1-17-11(13)7-16-12(17)8-15-10-4-2-3-9(5-10)6-14/h2-5,7,15H,8H2,1H3. The first-order chi connectivity index (χ1) is 8.20. The first-order valence-corrected chi connectivity index (χ1v) is 5.48. The van der Waals surface area contributed by atoms with Gasteiger partial charge < -0.3 is 9.88 Å². The third-order valence-corrected chi connectivity index (χ3v) is 2.82. The molecule has 0 aliphatic rings. The molecule has 4 nitrogen and oxygen atoms in total. The molecule has 0 amide bonds. The van der Waals surface area contributed by atoms with Crippen molar-refractivity contribution in [2.75, 3.05) is 5.32 Å². The summed E-state index contributed by atoms with van der Waals surface area (Å²) in [4.78, 5) is 4.18. The van der Waals surface area contributed by atoms with Gasteiger partial charge in [0.1, 0.15) is 11.0 Å². The lowest BCUT2D eigenvalue weighted by Crippen LogP contribution is -2.06. The van der Waals surface area contributed by atoms with E-state index in [2.05, 4.69) is 16.4 Å². The van der Waals surface area contributed by atoms with E-state index in [4.69, 9.17) is 16.9 Å². The molecule has 1 aromatic heterocycles. The minimum absolute atomic E-state index is 0.568. The van der Waals surface area contributed by atoms with Crippen molar-refractivity contribution < 1.29 is 0 Å². The zero-order valence-corrected chi connectivity index (χ0v) is 10.1. The van der Waals surface area contributed by atoms with E-state index in [-0.39, 0.29) is 0 Å². The maximum Gasteiger partial charge on any atom is 0.128 e. The SMILES string of the molecule is Cn1c(Cl)cnc1CNc1cccc(C#N)c1. The number of anilines is 1. The van der Waals surface area contributed by atoms with Crippen LogP contribution in [0, 0.1) is 11.3 Å². The molecule has 2 rings (SSSR count). The van der Waals surface area contributed by atoms with Crippen LogP contribution < -0.4 is 5.32 Å². The number of nitrogens with zero attached hydrogens (tertiary/aromatic N) is 3. The van der Waals surface area contributed by atoms with Crippen LogP contribution in [0.4, 0.5) is 5.69 Å². The van der Waals surface area contributed by atoms with Crippen molar-refractivity contribution in [3.63, 3.8) is 0 Å². The molecule has 0 fully saturated rings. The van der Waals surface area contributed by atoms with E-state index < -0.39 is 0 Å². The Balaban J connectivity index is 2.07. The van der Waals surface area contributed by atoms with E-state index in [0.29, 0.717) is 17.3 Å². The topological polar surface area (TPSA) is 53.6 Å². The number of nitrogens with one attached hydrogen (secondary N) is 1. The molecule has 86 valence electrons. The van der Waals surface area contributed by atoms with Gasteiger partial charge in [0.15, 0.2) is 0 Å². The molecule has 17 heavy (non-hydrogen) atoms. The van der Waals surface area contributed by atoms with Crippen LogP contribution in [0.15, 0.2) is 30.5 Å². The molecule has 0 radical (unpaired) electrons. The minimum Gasteiger partial charge on any atom is -0.378 e. The Morgan fingerprint density at radius 3 is 3.00 bits per heavy atom. The molecule has 1 heterocycles. The average molecular weight is 247 g/mol. The van der Waals surface area contributed by atoms with E-state index in [9.17, 15) is 0 Å². The predicted molar refractivity (Wildman–Crippen MR) is 66.7 cm³/mol. The van der Waals surface area contributed by atoms with Gasteiger partial charge in [-0.25, -0.2) is 4.98 Å². The Labute approximate surface area is 104 Å². The molecule has 0 saturated carbocycles. The fourth-order valence-corrected chi connectivity index (χ4v) is 1.61. The molecule has 0 saturated heterocycles. The van der Waals surface area contributed by atoms with Gasteiger partial charge in [0, 0.05) is 12.7 Å². The zero-order valence-electron chi connectivity index (χ0n) is 9.31. The van der Waals surface area contributed by atoms with Crippen LogP contribution in [0.25, 0.3) is 0 Å². The van der Waals surface area contributed by atoms with Gasteiger partial charge in [0.2, 0.25) is 0 Å². The van der Waals surface area contributed by atoms with Gasteiger partial charge in [-0.2, -0.15) is 5.26 Å². The second kappa shape index (κ2) is 4.89. The number of hydrogen-bond acceptors (Lipinski definition) is 3. The quantitative estimate of drug-likeness (QED) is 0.906. The van der Waals surface area contributed by atoms with E-state index >= 15 is 0 Å². The van der Waals surface area contributed by atoms with Crippen molar-refractivity contribution in [2.45, 2.75) is 6.54 Å². The summed E-state index contributed by atoms with van der Waals surface area (Å²) in [6.07, 6.45) is 1.62. The highest BCUT2D eigenvalue weighted by Crippen LogP contribution is 2.13. The molecule has 0 unspecified atom stereocenters. The van der Waals surface area contributed by atoms with Crippen LogP contribution in [-0.2, 0) is 13.6 Å². The Morgan fingerprint density at radius 2 is 2.35 bits per heavy atom. The molecule has 1 N–H and O–H groups in total. The summed E-state index contributed by atoms with van der Waals surface area (Å²) >= 11 is 5.89. The maximum atomic E-state index is 8.78. The van der Waals surface area contributed by atoms with Gasteiger partial charge in [0.25, 0.3) is 0 Å².